The first kappa shape index (κ1) is 28.6. The van der Waals surface area contributed by atoms with Crippen molar-refractivity contribution in [3.63, 3.8) is 0 Å². The van der Waals surface area contributed by atoms with Gasteiger partial charge in [0.05, 0.1) is 38.8 Å². The molecular weight excluding hydrogens is 538 g/mol. The highest BCUT2D eigenvalue weighted by atomic mass is 32.1. The van der Waals surface area contributed by atoms with E-state index in [1.54, 1.807) is 42.5 Å². The number of nitrogens with zero attached hydrogens (tertiary/aromatic N) is 2. The van der Waals surface area contributed by atoms with Crippen molar-refractivity contribution in [2.45, 2.75) is 25.0 Å². The standard InChI is InChI=1S/C27H31N5O7S/c1-36-18-9-5-4-8-17(18)32(27(35)24-21(28)22(25(29)33)31-40-24)23(26(34)30-14-16-7-6-12-39-16)15-10-11-19(37-2)20(13-15)38-3/h4-5,8-11,13,16,23H,6-7,12,14,28H2,1-3H3,(H2,29,33)(H,30,34)/t16-,23+/m1/s1. The van der Waals surface area contributed by atoms with Crippen LogP contribution in [0.2, 0.25) is 0 Å². The van der Waals surface area contributed by atoms with E-state index in [-0.39, 0.29) is 34.6 Å². The first-order valence-corrected chi connectivity index (χ1v) is 13.2. The number of nitrogen functional groups attached to an aromatic ring is 1. The molecule has 3 amide bonds. The SMILES string of the molecule is COc1ccc([C@@H](C(=O)NC[C@H]2CCCO2)N(C(=O)c2snc(C(N)=O)c2N)c2ccccc2OC)cc1OC. The summed E-state index contributed by atoms with van der Waals surface area (Å²) in [6.45, 7) is 0.878. The highest BCUT2D eigenvalue weighted by Crippen LogP contribution is 2.40. The number of methoxy groups -OCH3 is 3. The summed E-state index contributed by atoms with van der Waals surface area (Å²) in [5, 5.41) is 2.93. The Kier molecular flexibility index (Phi) is 9.07. The van der Waals surface area contributed by atoms with Crippen LogP contribution in [-0.2, 0) is 9.53 Å². The molecule has 40 heavy (non-hydrogen) atoms. The number of carbonyl (C=O) groups is 3. The first-order chi connectivity index (χ1) is 19.3. The van der Waals surface area contributed by atoms with Crippen LogP contribution in [0.3, 0.4) is 0 Å². The summed E-state index contributed by atoms with van der Waals surface area (Å²) >= 11 is 0.717. The number of anilines is 2. The second-order valence-corrected chi connectivity index (χ2v) is 9.66. The summed E-state index contributed by atoms with van der Waals surface area (Å²) in [6.07, 6.45) is 1.57. The number of ether oxygens (including phenoxy) is 4. The molecule has 1 fully saturated rings. The Morgan fingerprint density at radius 3 is 2.45 bits per heavy atom. The van der Waals surface area contributed by atoms with E-state index in [1.165, 1.54) is 26.2 Å². The molecule has 1 aliphatic rings. The van der Waals surface area contributed by atoms with Gasteiger partial charge in [0.1, 0.15) is 16.7 Å². The van der Waals surface area contributed by atoms with Gasteiger partial charge in [-0.25, -0.2) is 0 Å². The van der Waals surface area contributed by atoms with Gasteiger partial charge >= 0.3 is 0 Å². The van der Waals surface area contributed by atoms with Crippen molar-refractivity contribution in [3.05, 3.63) is 58.6 Å². The van der Waals surface area contributed by atoms with Crippen molar-refractivity contribution in [2.75, 3.05) is 45.1 Å². The maximum Gasteiger partial charge on any atom is 0.273 e. The molecule has 0 radical (unpaired) electrons. The number of para-hydroxylation sites is 2. The van der Waals surface area contributed by atoms with Gasteiger partial charge in [0, 0.05) is 13.2 Å². The van der Waals surface area contributed by atoms with E-state index >= 15 is 0 Å². The molecule has 1 aromatic heterocycles. The zero-order valence-electron chi connectivity index (χ0n) is 22.3. The first-order valence-electron chi connectivity index (χ1n) is 12.4. The molecule has 12 nitrogen and oxygen atoms in total. The lowest BCUT2D eigenvalue weighted by Crippen LogP contribution is -2.45. The van der Waals surface area contributed by atoms with Crippen LogP contribution in [0.15, 0.2) is 42.5 Å². The molecule has 1 aliphatic heterocycles. The van der Waals surface area contributed by atoms with E-state index in [0.717, 1.165) is 12.8 Å². The third kappa shape index (κ3) is 5.80. The zero-order chi connectivity index (χ0) is 28.8. The van der Waals surface area contributed by atoms with Gasteiger partial charge in [-0.05, 0) is 54.2 Å². The zero-order valence-corrected chi connectivity index (χ0v) is 23.2. The van der Waals surface area contributed by atoms with Gasteiger partial charge in [0.2, 0.25) is 5.91 Å². The molecule has 4 rings (SSSR count). The average Bonchev–Trinajstić information content (AvgIpc) is 3.63. The smallest absolute Gasteiger partial charge is 0.273 e. The van der Waals surface area contributed by atoms with E-state index in [2.05, 4.69) is 9.69 Å². The summed E-state index contributed by atoms with van der Waals surface area (Å²) in [7, 11) is 4.42. The van der Waals surface area contributed by atoms with Crippen molar-refractivity contribution in [1.29, 1.82) is 0 Å². The minimum absolute atomic E-state index is 0.0582. The quantitative estimate of drug-likeness (QED) is 0.314. The maximum absolute atomic E-state index is 14.3. The summed E-state index contributed by atoms with van der Waals surface area (Å²) in [5.74, 6) is -0.913. The number of nitrogens with two attached hydrogens (primary N) is 2. The van der Waals surface area contributed by atoms with E-state index < -0.39 is 23.8 Å². The van der Waals surface area contributed by atoms with E-state index in [4.69, 9.17) is 30.4 Å². The number of hydrogen-bond donors (Lipinski definition) is 3. The monoisotopic (exact) mass is 569 g/mol. The molecule has 2 atom stereocenters. The number of nitrogens with one attached hydrogen (secondary N) is 1. The number of aromatic nitrogens is 1. The summed E-state index contributed by atoms with van der Waals surface area (Å²) < 4.78 is 26.1. The van der Waals surface area contributed by atoms with Crippen LogP contribution in [0.4, 0.5) is 11.4 Å². The lowest BCUT2D eigenvalue weighted by Gasteiger charge is -2.32. The molecule has 2 heterocycles. The molecule has 212 valence electrons. The Balaban J connectivity index is 1.89. The van der Waals surface area contributed by atoms with Gasteiger partial charge in [-0.3, -0.25) is 19.3 Å². The normalized spacial score (nSPS) is 15.2. The maximum atomic E-state index is 14.3. The van der Waals surface area contributed by atoms with Crippen LogP contribution in [0.1, 0.15) is 44.6 Å². The number of carbonyl (C=O) groups excluding carboxylic acids is 3. The molecule has 0 saturated carbocycles. The second kappa shape index (κ2) is 12.7. The summed E-state index contributed by atoms with van der Waals surface area (Å²) in [6, 6.07) is 10.4. The highest BCUT2D eigenvalue weighted by molar-refractivity contribution is 7.09. The average molecular weight is 570 g/mol. The number of benzene rings is 2. The topological polar surface area (TPSA) is 168 Å². The molecule has 0 bridgehead atoms. The van der Waals surface area contributed by atoms with Crippen molar-refractivity contribution in [1.82, 2.24) is 9.69 Å². The van der Waals surface area contributed by atoms with Crippen molar-refractivity contribution in [2.24, 2.45) is 5.73 Å². The molecule has 0 unspecified atom stereocenters. The van der Waals surface area contributed by atoms with Crippen LogP contribution < -0.4 is 35.9 Å². The fraction of sp³-hybridized carbons (Fsp3) is 0.333. The van der Waals surface area contributed by atoms with E-state index in [0.29, 0.717) is 41.0 Å². The van der Waals surface area contributed by atoms with Crippen LogP contribution in [-0.4, -0.2) is 62.7 Å². The minimum atomic E-state index is -1.23. The molecular formula is C27H31N5O7S. The van der Waals surface area contributed by atoms with Crippen molar-refractivity contribution >= 4 is 40.6 Å². The fourth-order valence-corrected chi connectivity index (χ4v) is 5.23. The highest BCUT2D eigenvalue weighted by Gasteiger charge is 2.38. The van der Waals surface area contributed by atoms with Gasteiger partial charge < -0.3 is 35.7 Å². The molecule has 0 aliphatic carbocycles. The van der Waals surface area contributed by atoms with Crippen LogP contribution in [0.5, 0.6) is 17.2 Å². The Hall–Kier alpha value is -4.36. The van der Waals surface area contributed by atoms with Gasteiger partial charge in [-0.15, -0.1) is 0 Å². The lowest BCUT2D eigenvalue weighted by atomic mass is 10.0. The Labute approximate surface area is 235 Å². The number of rotatable bonds is 11. The lowest BCUT2D eigenvalue weighted by molar-refractivity contribution is -0.123. The van der Waals surface area contributed by atoms with Crippen LogP contribution >= 0.6 is 11.5 Å². The third-order valence-corrected chi connectivity index (χ3v) is 7.33. The van der Waals surface area contributed by atoms with Gasteiger partial charge in [-0.1, -0.05) is 18.2 Å². The van der Waals surface area contributed by atoms with E-state index in [1.807, 2.05) is 0 Å². The molecule has 13 heteroatoms. The Morgan fingerprint density at radius 1 is 1.10 bits per heavy atom. The molecule has 0 spiro atoms. The predicted octanol–water partition coefficient (Wildman–Crippen LogP) is 2.53. The van der Waals surface area contributed by atoms with E-state index in [9.17, 15) is 14.4 Å². The van der Waals surface area contributed by atoms with Crippen LogP contribution in [0.25, 0.3) is 0 Å². The summed E-state index contributed by atoms with van der Waals surface area (Å²) in [5.41, 5.74) is 11.9. The molecule has 3 aromatic rings. The molecule has 1 saturated heterocycles. The summed E-state index contributed by atoms with van der Waals surface area (Å²) in [4.78, 5) is 41.3. The Bertz CT molecular complexity index is 1390. The van der Waals surface area contributed by atoms with Crippen molar-refractivity contribution in [3.8, 4) is 17.2 Å². The van der Waals surface area contributed by atoms with Crippen LogP contribution in [0, 0.1) is 0 Å². The van der Waals surface area contributed by atoms with Gasteiger partial charge in [0.25, 0.3) is 11.8 Å². The minimum Gasteiger partial charge on any atom is -0.495 e. The van der Waals surface area contributed by atoms with Gasteiger partial charge in [0.15, 0.2) is 17.2 Å². The molecule has 2 aromatic carbocycles. The van der Waals surface area contributed by atoms with Crippen molar-refractivity contribution < 1.29 is 33.3 Å². The number of hydrogen-bond acceptors (Lipinski definition) is 10. The Morgan fingerprint density at radius 2 is 1.82 bits per heavy atom. The predicted molar refractivity (Wildman–Crippen MR) is 149 cm³/mol. The fourth-order valence-electron chi connectivity index (χ4n) is 4.49. The third-order valence-electron chi connectivity index (χ3n) is 6.48. The largest absolute Gasteiger partial charge is 0.495 e. The number of amides is 3. The van der Waals surface area contributed by atoms with Gasteiger partial charge in [-0.2, -0.15) is 4.37 Å². The molecule has 5 N–H and O–H groups in total. The number of primary amides is 1. The second-order valence-electron chi connectivity index (χ2n) is 8.88.